The van der Waals surface area contributed by atoms with E-state index in [1.165, 1.54) is 0 Å². The molecular formula is C4H3F10N2OP. The number of hydrogen-bond acceptors (Lipinski definition) is 2. The second kappa shape index (κ2) is 4.23. The molecule has 0 aromatic rings. The number of nitrogens with one attached hydrogen (secondary N) is 1. The quantitative estimate of drug-likeness (QED) is 0.364. The van der Waals surface area contributed by atoms with E-state index in [1.54, 1.807) is 0 Å². The van der Waals surface area contributed by atoms with Gasteiger partial charge in [-0.3, -0.25) is 10.4 Å². The summed E-state index contributed by atoms with van der Waals surface area (Å²) >= 11 is 0. The Balaban J connectivity index is 6.06. The van der Waals surface area contributed by atoms with Gasteiger partial charge in [0.25, 0.3) is 0 Å². The zero-order valence-corrected chi connectivity index (χ0v) is 8.61. The lowest BCUT2D eigenvalue weighted by Gasteiger charge is -2.33. The maximum Gasteiger partial charge on any atom is 0.462 e. The fourth-order valence-corrected chi connectivity index (χ4v) is 2.09. The summed E-state index contributed by atoms with van der Waals surface area (Å²) in [6, 6.07) is 0. The maximum atomic E-state index is 12.5. The molecule has 0 bridgehead atoms. The largest absolute Gasteiger partial charge is 0.462 e. The van der Waals surface area contributed by atoms with Gasteiger partial charge in [0, 0.05) is 0 Å². The van der Waals surface area contributed by atoms with Gasteiger partial charge in [0.05, 0.1) is 0 Å². The topological polar surface area (TPSA) is 55.1 Å². The first-order valence-corrected chi connectivity index (χ1v) is 5.24. The molecule has 0 radical (unpaired) electrons. The molecule has 14 heteroatoms. The Morgan fingerprint density at radius 3 is 1.06 bits per heavy atom. The Morgan fingerprint density at radius 2 is 0.944 bits per heavy atom. The van der Waals surface area contributed by atoms with E-state index in [9.17, 15) is 48.5 Å². The molecule has 0 saturated carbocycles. The third-order valence-corrected chi connectivity index (χ3v) is 4.11. The van der Waals surface area contributed by atoms with Crippen LogP contribution in [-0.4, -0.2) is 23.7 Å². The predicted molar refractivity (Wildman–Crippen MR) is 36.9 cm³/mol. The van der Waals surface area contributed by atoms with Gasteiger partial charge in [-0.2, -0.15) is 49.1 Å². The van der Waals surface area contributed by atoms with Crippen LogP contribution in [0.25, 0.3) is 0 Å². The first kappa shape index (κ1) is 17.4. The SMILES string of the molecule is NNP(=O)(C(F)(F)C(F)(F)F)C(F)(F)C(F)(F)F. The minimum absolute atomic E-state index is 0.212. The fourth-order valence-electron chi connectivity index (χ4n) is 0.696. The molecule has 0 aliphatic heterocycles. The van der Waals surface area contributed by atoms with Crippen molar-refractivity contribution in [3.63, 3.8) is 0 Å². The van der Waals surface area contributed by atoms with Gasteiger partial charge in [0.15, 0.2) is 0 Å². The Kier molecular flexibility index (Phi) is 4.11. The molecule has 0 atom stereocenters. The highest BCUT2D eigenvalue weighted by molar-refractivity contribution is 7.64. The van der Waals surface area contributed by atoms with Crippen LogP contribution >= 0.6 is 7.29 Å². The summed E-state index contributed by atoms with van der Waals surface area (Å²) in [6.07, 6.45) is -13.8. The van der Waals surface area contributed by atoms with Gasteiger partial charge >= 0.3 is 31.0 Å². The van der Waals surface area contributed by atoms with Crippen LogP contribution in [0.5, 0.6) is 0 Å². The fraction of sp³-hybridized carbons (Fsp3) is 1.00. The average molecular weight is 316 g/mol. The summed E-state index contributed by atoms with van der Waals surface area (Å²) in [6.45, 7) is 0. The van der Waals surface area contributed by atoms with Gasteiger partial charge < -0.3 is 0 Å². The number of hydrogen-bond donors (Lipinski definition) is 2. The van der Waals surface area contributed by atoms with Crippen molar-refractivity contribution in [1.82, 2.24) is 5.20 Å². The zero-order chi connectivity index (χ0) is 15.2. The maximum absolute atomic E-state index is 12.5. The Bertz CT molecular complexity index is 328. The van der Waals surface area contributed by atoms with Crippen LogP contribution in [0, 0.1) is 0 Å². The molecule has 0 fully saturated rings. The lowest BCUT2D eigenvalue weighted by molar-refractivity contribution is -0.267. The van der Waals surface area contributed by atoms with Crippen LogP contribution in [0.15, 0.2) is 0 Å². The normalized spacial score (nSPS) is 15.9. The summed E-state index contributed by atoms with van der Waals surface area (Å²) in [5, 5.41) is -0.212. The van der Waals surface area contributed by atoms with E-state index in [4.69, 9.17) is 0 Å². The Morgan fingerprint density at radius 1 is 0.722 bits per heavy atom. The molecule has 3 nitrogen and oxygen atoms in total. The first-order chi connectivity index (χ1) is 7.56. The molecule has 0 amide bonds. The molecule has 0 aliphatic rings. The van der Waals surface area contributed by atoms with Crippen molar-refractivity contribution >= 4 is 7.29 Å². The van der Waals surface area contributed by atoms with Crippen molar-refractivity contribution in [1.29, 1.82) is 0 Å². The van der Waals surface area contributed by atoms with E-state index in [1.807, 2.05) is 0 Å². The highest BCUT2D eigenvalue weighted by atomic mass is 31.2. The molecule has 0 rings (SSSR count). The predicted octanol–water partition coefficient (Wildman–Crippen LogP) is 3.04. The number of alkyl halides is 10. The van der Waals surface area contributed by atoms with Crippen LogP contribution in [-0.2, 0) is 4.57 Å². The Hall–Kier alpha value is -0.550. The number of nitrogens with two attached hydrogens (primary N) is 1. The second-order valence-corrected chi connectivity index (χ2v) is 5.42. The van der Waals surface area contributed by atoms with Crippen molar-refractivity contribution in [2.45, 2.75) is 23.7 Å². The van der Waals surface area contributed by atoms with Crippen LogP contribution < -0.4 is 11.0 Å². The molecule has 0 spiro atoms. The molecule has 3 N–H and O–H groups in total. The van der Waals surface area contributed by atoms with Crippen molar-refractivity contribution in [3.05, 3.63) is 0 Å². The average Bonchev–Trinajstić information content (AvgIpc) is 2.12. The number of halogens is 10. The third kappa shape index (κ3) is 2.18. The molecule has 0 saturated heterocycles. The summed E-state index contributed by atoms with van der Waals surface area (Å²) in [5.74, 6) is 3.80. The van der Waals surface area contributed by atoms with E-state index in [0.29, 0.717) is 0 Å². The smallest absolute Gasteiger partial charge is 0.292 e. The molecule has 0 aliphatic carbocycles. The van der Waals surface area contributed by atoms with Crippen molar-refractivity contribution in [2.75, 3.05) is 0 Å². The summed E-state index contributed by atoms with van der Waals surface area (Å²) in [7, 11) is -7.74. The zero-order valence-electron chi connectivity index (χ0n) is 7.71. The van der Waals surface area contributed by atoms with Crippen molar-refractivity contribution < 1.29 is 48.5 Å². The third-order valence-electron chi connectivity index (χ3n) is 1.65. The van der Waals surface area contributed by atoms with E-state index in [0.717, 1.165) is 0 Å². The van der Waals surface area contributed by atoms with Crippen molar-refractivity contribution in [2.24, 2.45) is 5.84 Å². The molecule has 0 unspecified atom stereocenters. The second-order valence-electron chi connectivity index (χ2n) is 2.82. The van der Waals surface area contributed by atoms with E-state index >= 15 is 0 Å². The van der Waals surface area contributed by atoms with Gasteiger partial charge in [-0.1, -0.05) is 0 Å². The molecule has 0 aromatic heterocycles. The number of rotatable bonds is 3. The van der Waals surface area contributed by atoms with Gasteiger partial charge in [0.1, 0.15) is 0 Å². The molecule has 110 valence electrons. The van der Waals surface area contributed by atoms with Crippen molar-refractivity contribution in [3.8, 4) is 0 Å². The number of hydrazine groups is 1. The lowest BCUT2D eigenvalue weighted by atomic mass is 10.7. The Labute approximate surface area is 91.7 Å². The minimum atomic E-state index is -7.74. The molecule has 18 heavy (non-hydrogen) atoms. The van der Waals surface area contributed by atoms with Crippen LogP contribution in [0.4, 0.5) is 43.9 Å². The molecular weight excluding hydrogens is 313 g/mol. The highest BCUT2D eigenvalue weighted by Crippen LogP contribution is 2.74. The van der Waals surface area contributed by atoms with Crippen LogP contribution in [0.1, 0.15) is 0 Å². The van der Waals surface area contributed by atoms with Gasteiger partial charge in [-0.25, -0.2) is 0 Å². The minimum Gasteiger partial charge on any atom is -0.292 e. The van der Waals surface area contributed by atoms with E-state index in [-0.39, 0.29) is 5.20 Å². The van der Waals surface area contributed by atoms with Crippen LogP contribution in [0.3, 0.4) is 0 Å². The molecule has 0 aromatic carbocycles. The summed E-state index contributed by atoms with van der Waals surface area (Å²) in [5.41, 5.74) is -13.7. The van der Waals surface area contributed by atoms with E-state index < -0.39 is 31.0 Å². The summed E-state index contributed by atoms with van der Waals surface area (Å²) < 4.78 is 131. The van der Waals surface area contributed by atoms with Crippen LogP contribution in [0.2, 0.25) is 0 Å². The summed E-state index contributed by atoms with van der Waals surface area (Å²) in [4.78, 5) is 0. The monoisotopic (exact) mass is 316 g/mol. The standard InChI is InChI=1S/C4H3F10N2OP/c5-1(6,7)3(11,12)18(17,16-15)4(13,14)2(8,9)10/h15H2,(H,16,17). The van der Waals surface area contributed by atoms with Gasteiger partial charge in [-0.15, -0.1) is 0 Å². The van der Waals surface area contributed by atoms with E-state index in [2.05, 4.69) is 5.84 Å². The molecule has 0 heterocycles. The van der Waals surface area contributed by atoms with Gasteiger partial charge in [0.2, 0.25) is 0 Å². The highest BCUT2D eigenvalue weighted by Gasteiger charge is 2.83. The van der Waals surface area contributed by atoms with Gasteiger partial charge in [-0.05, 0) is 0 Å². The first-order valence-electron chi connectivity index (χ1n) is 3.53. The lowest BCUT2D eigenvalue weighted by Crippen LogP contribution is -2.52.